The van der Waals surface area contributed by atoms with Gasteiger partial charge in [-0.15, -0.1) is 0 Å². The van der Waals surface area contributed by atoms with Gasteiger partial charge < -0.3 is 14.7 Å². The van der Waals surface area contributed by atoms with E-state index in [-0.39, 0.29) is 18.6 Å². The van der Waals surface area contributed by atoms with E-state index in [0.717, 1.165) is 18.4 Å². The Labute approximate surface area is 123 Å². The van der Waals surface area contributed by atoms with Gasteiger partial charge in [0.15, 0.2) is 0 Å². The molecule has 112 valence electrons. The van der Waals surface area contributed by atoms with Crippen molar-refractivity contribution in [2.24, 2.45) is 0 Å². The Bertz CT molecular complexity index is 533. The number of benzene rings is 1. The van der Waals surface area contributed by atoms with Crippen molar-refractivity contribution in [3.05, 3.63) is 48.0 Å². The van der Waals surface area contributed by atoms with Crippen LogP contribution in [0.3, 0.4) is 0 Å². The number of amides is 1. The zero-order valence-electron chi connectivity index (χ0n) is 11.8. The maximum Gasteiger partial charge on any atom is 0.410 e. The van der Waals surface area contributed by atoms with Gasteiger partial charge in [0.1, 0.15) is 6.61 Å². The van der Waals surface area contributed by atoms with Crippen LogP contribution in [0.1, 0.15) is 34.7 Å². The van der Waals surface area contributed by atoms with Crippen LogP contribution >= 0.6 is 0 Å². The molecule has 0 atom stereocenters. The third kappa shape index (κ3) is 3.62. The number of carbonyl (C=O) groups is 2. The first kappa shape index (κ1) is 15.1. The average molecular weight is 289 g/mol. The summed E-state index contributed by atoms with van der Waals surface area (Å²) in [6.07, 6.45) is 2.69. The molecule has 1 aliphatic rings. The number of ether oxygens (including phenoxy) is 1. The van der Waals surface area contributed by atoms with Crippen LogP contribution in [0.5, 0.6) is 0 Å². The summed E-state index contributed by atoms with van der Waals surface area (Å²) in [6.45, 7) is 4.87. The Morgan fingerprint density at radius 1 is 1.33 bits per heavy atom. The van der Waals surface area contributed by atoms with E-state index in [1.807, 2.05) is 12.1 Å². The number of rotatable bonds is 4. The molecular formula is C16H19NO4. The minimum Gasteiger partial charge on any atom is -0.478 e. The van der Waals surface area contributed by atoms with Crippen molar-refractivity contribution in [3.8, 4) is 0 Å². The number of piperidine rings is 1. The molecule has 1 aliphatic heterocycles. The molecule has 0 saturated carbocycles. The lowest BCUT2D eigenvalue weighted by Crippen LogP contribution is -2.38. The van der Waals surface area contributed by atoms with Crippen molar-refractivity contribution in [1.82, 2.24) is 4.90 Å². The second-order valence-corrected chi connectivity index (χ2v) is 5.02. The molecule has 1 aromatic rings. The predicted molar refractivity (Wildman–Crippen MR) is 78.5 cm³/mol. The number of nitrogens with zero attached hydrogens (tertiary/aromatic N) is 1. The molecule has 1 N–H and O–H groups in total. The van der Waals surface area contributed by atoms with Crippen molar-refractivity contribution < 1.29 is 19.4 Å². The Kier molecular flexibility index (Phi) is 4.98. The maximum absolute atomic E-state index is 11.7. The van der Waals surface area contributed by atoms with Gasteiger partial charge in [-0.3, -0.25) is 0 Å². The lowest BCUT2D eigenvalue weighted by atomic mass is 9.86. The standard InChI is InChI=1S/C16H19NO4/c1-2-11-21-16(20)17-9-7-12(8-10-17)13-5-3-4-6-14(13)15(18)19/h2-6,12H,1,7-11H2,(H,18,19). The third-order valence-electron chi connectivity index (χ3n) is 3.71. The summed E-state index contributed by atoms with van der Waals surface area (Å²) in [6, 6.07) is 7.07. The fraction of sp³-hybridized carbons (Fsp3) is 0.375. The normalized spacial score (nSPS) is 15.5. The van der Waals surface area contributed by atoms with Gasteiger partial charge in [-0.25, -0.2) is 9.59 Å². The molecule has 0 radical (unpaired) electrons. The fourth-order valence-corrected chi connectivity index (χ4v) is 2.64. The van der Waals surface area contributed by atoms with E-state index in [1.54, 1.807) is 17.0 Å². The quantitative estimate of drug-likeness (QED) is 0.865. The lowest BCUT2D eigenvalue weighted by Gasteiger charge is -2.31. The Hall–Kier alpha value is -2.30. The molecule has 1 aromatic carbocycles. The Morgan fingerprint density at radius 2 is 2.00 bits per heavy atom. The van der Waals surface area contributed by atoms with E-state index in [4.69, 9.17) is 4.74 Å². The number of carboxylic acids is 1. The number of carboxylic acid groups (broad SMARTS) is 1. The molecule has 1 fully saturated rings. The van der Waals surface area contributed by atoms with Gasteiger partial charge in [0.2, 0.25) is 0 Å². The number of likely N-dealkylation sites (tertiary alicyclic amines) is 1. The van der Waals surface area contributed by atoms with Crippen LogP contribution in [0.15, 0.2) is 36.9 Å². The highest BCUT2D eigenvalue weighted by atomic mass is 16.6. The second-order valence-electron chi connectivity index (χ2n) is 5.02. The molecule has 0 bridgehead atoms. The van der Waals surface area contributed by atoms with Crippen LogP contribution in [0.25, 0.3) is 0 Å². The van der Waals surface area contributed by atoms with Gasteiger partial charge in [0.25, 0.3) is 0 Å². The largest absolute Gasteiger partial charge is 0.478 e. The first-order valence-corrected chi connectivity index (χ1v) is 6.98. The van der Waals surface area contributed by atoms with Crippen molar-refractivity contribution in [2.75, 3.05) is 19.7 Å². The van der Waals surface area contributed by atoms with Gasteiger partial charge in [-0.2, -0.15) is 0 Å². The Morgan fingerprint density at radius 3 is 2.62 bits per heavy atom. The second kappa shape index (κ2) is 6.92. The highest BCUT2D eigenvalue weighted by Gasteiger charge is 2.26. The average Bonchev–Trinajstić information content (AvgIpc) is 2.52. The Balaban J connectivity index is 2.00. The molecule has 21 heavy (non-hydrogen) atoms. The van der Waals surface area contributed by atoms with E-state index >= 15 is 0 Å². The minimum atomic E-state index is -0.904. The molecule has 1 amide bonds. The zero-order chi connectivity index (χ0) is 15.2. The van der Waals surface area contributed by atoms with Crippen LogP contribution in [0.4, 0.5) is 4.79 Å². The molecule has 1 saturated heterocycles. The highest BCUT2D eigenvalue weighted by Crippen LogP contribution is 2.30. The monoisotopic (exact) mass is 289 g/mol. The minimum absolute atomic E-state index is 0.167. The molecule has 2 rings (SSSR count). The molecule has 0 aliphatic carbocycles. The van der Waals surface area contributed by atoms with Crippen molar-refractivity contribution in [3.63, 3.8) is 0 Å². The molecule has 1 heterocycles. The van der Waals surface area contributed by atoms with Gasteiger partial charge in [-0.1, -0.05) is 30.9 Å². The zero-order valence-corrected chi connectivity index (χ0v) is 11.8. The molecule has 5 nitrogen and oxygen atoms in total. The van der Waals surface area contributed by atoms with Gasteiger partial charge in [0.05, 0.1) is 5.56 Å². The summed E-state index contributed by atoms with van der Waals surface area (Å²) in [5.74, 6) is -0.737. The topological polar surface area (TPSA) is 66.8 Å². The van der Waals surface area contributed by atoms with E-state index < -0.39 is 5.97 Å². The fourth-order valence-electron chi connectivity index (χ4n) is 2.64. The van der Waals surface area contributed by atoms with Gasteiger partial charge >= 0.3 is 12.1 Å². The van der Waals surface area contributed by atoms with Gasteiger partial charge in [0, 0.05) is 13.1 Å². The van der Waals surface area contributed by atoms with Crippen LogP contribution < -0.4 is 0 Å². The molecule has 0 unspecified atom stereocenters. The summed E-state index contributed by atoms with van der Waals surface area (Å²) in [5, 5.41) is 9.24. The molecule has 5 heteroatoms. The molecular weight excluding hydrogens is 270 g/mol. The van der Waals surface area contributed by atoms with Crippen LogP contribution in [-0.2, 0) is 4.74 Å². The molecule has 0 spiro atoms. The van der Waals surface area contributed by atoms with Crippen molar-refractivity contribution in [1.29, 1.82) is 0 Å². The van der Waals surface area contributed by atoms with E-state index in [0.29, 0.717) is 18.7 Å². The summed E-state index contributed by atoms with van der Waals surface area (Å²) >= 11 is 0. The maximum atomic E-state index is 11.7. The SMILES string of the molecule is C=CCOC(=O)N1CCC(c2ccccc2C(=O)O)CC1. The predicted octanol–water partition coefficient (Wildman–Crippen LogP) is 2.89. The highest BCUT2D eigenvalue weighted by molar-refractivity contribution is 5.89. The summed E-state index contributed by atoms with van der Waals surface area (Å²) in [5.41, 5.74) is 1.20. The van der Waals surface area contributed by atoms with Crippen LogP contribution in [-0.4, -0.2) is 41.8 Å². The van der Waals surface area contributed by atoms with E-state index in [2.05, 4.69) is 6.58 Å². The first-order chi connectivity index (χ1) is 10.1. The van der Waals surface area contributed by atoms with Crippen LogP contribution in [0, 0.1) is 0 Å². The van der Waals surface area contributed by atoms with Crippen molar-refractivity contribution in [2.45, 2.75) is 18.8 Å². The third-order valence-corrected chi connectivity index (χ3v) is 3.71. The summed E-state index contributed by atoms with van der Waals surface area (Å²) < 4.78 is 5.01. The summed E-state index contributed by atoms with van der Waals surface area (Å²) in [4.78, 5) is 24.7. The number of carbonyl (C=O) groups excluding carboxylic acids is 1. The lowest BCUT2D eigenvalue weighted by molar-refractivity contribution is 0.0692. The number of hydrogen-bond donors (Lipinski definition) is 1. The number of hydrogen-bond acceptors (Lipinski definition) is 3. The first-order valence-electron chi connectivity index (χ1n) is 6.98. The van der Waals surface area contributed by atoms with Gasteiger partial charge in [-0.05, 0) is 30.4 Å². The summed E-state index contributed by atoms with van der Waals surface area (Å²) in [7, 11) is 0. The van der Waals surface area contributed by atoms with E-state index in [1.165, 1.54) is 6.08 Å². The van der Waals surface area contributed by atoms with Crippen LogP contribution in [0.2, 0.25) is 0 Å². The van der Waals surface area contributed by atoms with Crippen molar-refractivity contribution >= 4 is 12.1 Å². The number of aromatic carboxylic acids is 1. The molecule has 0 aromatic heterocycles. The smallest absolute Gasteiger partial charge is 0.410 e. The van der Waals surface area contributed by atoms with E-state index in [9.17, 15) is 14.7 Å².